The van der Waals surface area contributed by atoms with Gasteiger partial charge in [-0.1, -0.05) is 0 Å². The maximum absolute atomic E-state index is 11.1. The Labute approximate surface area is 161 Å². The highest BCUT2D eigenvalue weighted by Gasteiger charge is 2.43. The van der Waals surface area contributed by atoms with Gasteiger partial charge >= 0.3 is 8.80 Å². The van der Waals surface area contributed by atoms with Crippen molar-refractivity contribution in [3.05, 3.63) is 0 Å². The molecule has 1 heterocycles. The van der Waals surface area contributed by atoms with Crippen LogP contribution in [0.1, 0.15) is 52.9 Å². The third-order valence-corrected chi connectivity index (χ3v) is 9.04. The predicted molar refractivity (Wildman–Crippen MR) is 106 cm³/mol. The van der Waals surface area contributed by atoms with Crippen LogP contribution in [0.2, 0.25) is 6.04 Å². The first kappa shape index (κ1) is 22.3. The number of rotatable bonds is 10. The van der Waals surface area contributed by atoms with Crippen molar-refractivity contribution in [2.24, 2.45) is 5.92 Å². The van der Waals surface area contributed by atoms with Crippen LogP contribution in [0.25, 0.3) is 0 Å². The molecule has 26 heavy (non-hydrogen) atoms. The van der Waals surface area contributed by atoms with Crippen molar-refractivity contribution in [3.8, 4) is 0 Å². The minimum Gasteiger partial charge on any atom is -0.376 e. The lowest BCUT2D eigenvalue weighted by Gasteiger charge is -2.47. The zero-order valence-corrected chi connectivity index (χ0v) is 18.3. The Hall–Kier alpha value is -0.0231. The molecular formula is C19H40N2O4Si. The van der Waals surface area contributed by atoms with Crippen LogP contribution in [-0.4, -0.2) is 82.5 Å². The number of aliphatic hydroxyl groups is 1. The number of hydrogen-bond acceptors (Lipinski definition) is 6. The van der Waals surface area contributed by atoms with Crippen molar-refractivity contribution in [2.45, 2.75) is 64.6 Å². The number of piperazine rings is 1. The normalized spacial score (nSPS) is 29.2. The predicted octanol–water partition coefficient (Wildman–Crippen LogP) is 2.55. The molecule has 0 amide bonds. The second-order valence-corrected chi connectivity index (χ2v) is 10.5. The summed E-state index contributed by atoms with van der Waals surface area (Å²) < 4.78 is 17.9. The summed E-state index contributed by atoms with van der Waals surface area (Å²) >= 11 is 0. The van der Waals surface area contributed by atoms with Crippen LogP contribution >= 0.6 is 0 Å². The molecule has 1 saturated carbocycles. The Bertz CT molecular complexity index is 380. The second-order valence-electron chi connectivity index (χ2n) is 7.74. The summed E-state index contributed by atoms with van der Waals surface area (Å²) in [6.07, 6.45) is 5.00. The van der Waals surface area contributed by atoms with E-state index < -0.39 is 14.5 Å². The Kier molecular flexibility index (Phi) is 8.99. The van der Waals surface area contributed by atoms with E-state index in [4.69, 9.17) is 13.3 Å². The van der Waals surface area contributed by atoms with E-state index in [1.165, 1.54) is 0 Å². The Balaban J connectivity index is 1.83. The van der Waals surface area contributed by atoms with Gasteiger partial charge in [0, 0.05) is 52.0 Å². The van der Waals surface area contributed by atoms with Crippen molar-refractivity contribution < 1.29 is 18.4 Å². The molecule has 7 heteroatoms. The molecule has 0 spiro atoms. The summed E-state index contributed by atoms with van der Waals surface area (Å²) in [5, 5.41) is 11.1. The summed E-state index contributed by atoms with van der Waals surface area (Å²) in [5.41, 5.74) is -0.591. The van der Waals surface area contributed by atoms with E-state index in [9.17, 15) is 5.11 Å². The molecule has 6 nitrogen and oxygen atoms in total. The van der Waals surface area contributed by atoms with E-state index in [1.807, 2.05) is 20.8 Å². The zero-order valence-electron chi connectivity index (χ0n) is 17.3. The van der Waals surface area contributed by atoms with Gasteiger partial charge in [-0.3, -0.25) is 4.90 Å². The van der Waals surface area contributed by atoms with E-state index in [0.717, 1.165) is 64.3 Å². The fourth-order valence-electron chi connectivity index (χ4n) is 4.35. The van der Waals surface area contributed by atoms with E-state index in [-0.39, 0.29) is 0 Å². The van der Waals surface area contributed by atoms with Gasteiger partial charge in [0.1, 0.15) is 5.72 Å². The summed E-state index contributed by atoms with van der Waals surface area (Å²) in [5.74, 6) is 0.635. The van der Waals surface area contributed by atoms with Crippen molar-refractivity contribution in [3.63, 3.8) is 0 Å². The first-order chi connectivity index (χ1) is 12.5. The second kappa shape index (κ2) is 10.5. The number of hydrogen-bond donors (Lipinski definition) is 1. The maximum atomic E-state index is 11.1. The molecular weight excluding hydrogens is 348 g/mol. The molecule has 1 saturated heterocycles. The minimum atomic E-state index is -2.53. The molecule has 0 bridgehead atoms. The molecule has 0 aromatic rings. The van der Waals surface area contributed by atoms with Crippen molar-refractivity contribution in [2.75, 3.05) is 53.0 Å². The summed E-state index contributed by atoms with van der Waals surface area (Å²) in [4.78, 5) is 4.65. The topological polar surface area (TPSA) is 54.4 Å². The van der Waals surface area contributed by atoms with Gasteiger partial charge in [0.25, 0.3) is 0 Å². The lowest BCUT2D eigenvalue weighted by molar-refractivity contribution is -0.149. The lowest BCUT2D eigenvalue weighted by Crippen LogP contribution is -2.57. The first-order valence-electron chi connectivity index (χ1n) is 10.5. The highest BCUT2D eigenvalue weighted by Crippen LogP contribution is 2.38. The van der Waals surface area contributed by atoms with Gasteiger partial charge < -0.3 is 23.3 Å². The third kappa shape index (κ3) is 5.99. The molecule has 0 atom stereocenters. The summed E-state index contributed by atoms with van der Waals surface area (Å²) in [6, 6.07) is 0.889. The van der Waals surface area contributed by atoms with Gasteiger partial charge in [-0.05, 0) is 65.8 Å². The minimum absolute atomic E-state index is 0.591. The van der Waals surface area contributed by atoms with Crippen LogP contribution < -0.4 is 0 Å². The fourth-order valence-corrected chi connectivity index (χ4v) is 7.11. The summed E-state index contributed by atoms with van der Waals surface area (Å²) in [7, 11) is -0.377. The molecule has 2 rings (SSSR count). The van der Waals surface area contributed by atoms with Crippen LogP contribution in [0.4, 0.5) is 0 Å². The smallest absolute Gasteiger partial charge is 0.376 e. The first-order valence-corrected chi connectivity index (χ1v) is 12.5. The highest BCUT2D eigenvalue weighted by atomic mass is 28.4. The zero-order chi connectivity index (χ0) is 19.0. The average Bonchev–Trinajstić information content (AvgIpc) is 2.62. The molecule has 1 aliphatic carbocycles. The molecule has 0 aromatic heterocycles. The quantitative estimate of drug-likeness (QED) is 0.581. The van der Waals surface area contributed by atoms with Gasteiger partial charge in [0.05, 0.1) is 0 Å². The van der Waals surface area contributed by atoms with Crippen LogP contribution in [-0.2, 0) is 13.3 Å². The Morgan fingerprint density at radius 3 is 1.88 bits per heavy atom. The maximum Gasteiger partial charge on any atom is 0.500 e. The van der Waals surface area contributed by atoms with E-state index in [2.05, 4.69) is 16.8 Å². The Morgan fingerprint density at radius 2 is 1.42 bits per heavy atom. The number of nitrogens with zero attached hydrogens (tertiary/aromatic N) is 2. The average molecular weight is 389 g/mol. The fraction of sp³-hybridized carbons (Fsp3) is 1.00. The van der Waals surface area contributed by atoms with Crippen LogP contribution in [0, 0.1) is 5.92 Å². The van der Waals surface area contributed by atoms with Crippen molar-refractivity contribution in [1.29, 1.82) is 0 Å². The standard InChI is InChI=1S/C19H40N2O4Si/c1-5-23-26(24-6-2,25-7-3)17-10-18-8-11-19(22,12-9-18)21-15-13-20(4)14-16-21/h18,22H,5-17H2,1-4H3. The van der Waals surface area contributed by atoms with Crippen molar-refractivity contribution in [1.82, 2.24) is 9.80 Å². The van der Waals surface area contributed by atoms with Gasteiger partial charge in [-0.25, -0.2) is 0 Å². The van der Waals surface area contributed by atoms with Gasteiger partial charge in [-0.2, -0.15) is 0 Å². The largest absolute Gasteiger partial charge is 0.500 e. The van der Waals surface area contributed by atoms with Crippen LogP contribution in [0.3, 0.4) is 0 Å². The van der Waals surface area contributed by atoms with Crippen molar-refractivity contribution >= 4 is 8.80 Å². The molecule has 0 aromatic carbocycles. The van der Waals surface area contributed by atoms with Gasteiger partial charge in [0.15, 0.2) is 0 Å². The molecule has 1 N–H and O–H groups in total. The van der Waals surface area contributed by atoms with E-state index >= 15 is 0 Å². The van der Waals surface area contributed by atoms with Crippen LogP contribution in [0.15, 0.2) is 0 Å². The molecule has 154 valence electrons. The van der Waals surface area contributed by atoms with Gasteiger partial charge in [0.2, 0.25) is 0 Å². The van der Waals surface area contributed by atoms with Gasteiger partial charge in [-0.15, -0.1) is 0 Å². The monoisotopic (exact) mass is 388 g/mol. The SMILES string of the molecule is CCO[Si](CCC1CCC(O)(N2CCN(C)CC2)CC1)(OCC)OCC. The van der Waals surface area contributed by atoms with E-state index in [0.29, 0.717) is 25.7 Å². The number of likely N-dealkylation sites (N-methyl/N-ethyl adjacent to an activating group) is 1. The molecule has 0 radical (unpaired) electrons. The molecule has 2 aliphatic rings. The van der Waals surface area contributed by atoms with Crippen LogP contribution in [0.5, 0.6) is 0 Å². The molecule has 2 fully saturated rings. The third-order valence-electron chi connectivity index (χ3n) is 5.95. The summed E-state index contributed by atoms with van der Waals surface area (Å²) in [6.45, 7) is 12.0. The highest BCUT2D eigenvalue weighted by molar-refractivity contribution is 6.60. The molecule has 0 unspecified atom stereocenters. The lowest BCUT2D eigenvalue weighted by atomic mass is 9.81. The Morgan fingerprint density at radius 1 is 0.923 bits per heavy atom. The molecule has 1 aliphatic heterocycles. The van der Waals surface area contributed by atoms with E-state index in [1.54, 1.807) is 0 Å².